The van der Waals surface area contributed by atoms with Gasteiger partial charge in [-0.15, -0.1) is 11.3 Å². The minimum Gasteiger partial charge on any atom is -0.309 e. The molecule has 0 N–H and O–H groups in total. The normalized spacial score (nSPS) is 12.0. The Bertz CT molecular complexity index is 4540. The molecule has 0 bridgehead atoms. The molecule has 15 rings (SSSR count). The van der Waals surface area contributed by atoms with Gasteiger partial charge in [-0.1, -0.05) is 170 Å². The third kappa shape index (κ3) is 6.12. The molecular formula is C65H38N4S. The van der Waals surface area contributed by atoms with Gasteiger partial charge in [-0.2, -0.15) is 0 Å². The van der Waals surface area contributed by atoms with Crippen LogP contribution in [0.15, 0.2) is 231 Å². The van der Waals surface area contributed by atoms with Crippen LogP contribution in [0.2, 0.25) is 0 Å². The van der Waals surface area contributed by atoms with E-state index in [0.29, 0.717) is 17.5 Å². The average molecular weight is 907 g/mol. The molecular weight excluding hydrogens is 869 g/mol. The molecule has 5 heteroatoms. The molecule has 3 heterocycles. The van der Waals surface area contributed by atoms with Crippen LogP contribution in [0.5, 0.6) is 0 Å². The summed E-state index contributed by atoms with van der Waals surface area (Å²) in [5.74, 6) is 1.86. The Labute approximate surface area is 406 Å². The van der Waals surface area contributed by atoms with E-state index in [9.17, 15) is 0 Å². The summed E-state index contributed by atoms with van der Waals surface area (Å²) in [5.41, 5.74) is 8.32. The lowest BCUT2D eigenvalue weighted by molar-refractivity contribution is 1.07. The van der Waals surface area contributed by atoms with Crippen LogP contribution in [0.1, 0.15) is 0 Å². The third-order valence-electron chi connectivity index (χ3n) is 14.4. The molecule has 0 amide bonds. The number of aromatic nitrogens is 4. The molecule has 0 saturated carbocycles. The number of fused-ring (bicyclic) bond motifs is 13. The molecule has 70 heavy (non-hydrogen) atoms. The number of hydrogen-bond acceptors (Lipinski definition) is 4. The number of nitrogens with zero attached hydrogens (tertiary/aromatic N) is 4. The van der Waals surface area contributed by atoms with Crippen molar-refractivity contribution in [2.75, 3.05) is 0 Å². The van der Waals surface area contributed by atoms with Crippen LogP contribution in [-0.4, -0.2) is 19.5 Å². The largest absolute Gasteiger partial charge is 0.309 e. The number of benzene rings is 12. The molecule has 0 aliphatic heterocycles. The van der Waals surface area contributed by atoms with Crippen molar-refractivity contribution in [2.45, 2.75) is 0 Å². The lowest BCUT2D eigenvalue weighted by atomic mass is 9.96. The van der Waals surface area contributed by atoms with Crippen molar-refractivity contribution >= 4 is 107 Å². The van der Waals surface area contributed by atoms with Gasteiger partial charge in [-0.25, -0.2) is 15.0 Å². The maximum atomic E-state index is 5.46. The summed E-state index contributed by atoms with van der Waals surface area (Å²) in [6.45, 7) is 0. The molecule has 0 unspecified atom stereocenters. The summed E-state index contributed by atoms with van der Waals surface area (Å²) in [5, 5.41) is 17.0. The van der Waals surface area contributed by atoms with E-state index in [1.807, 2.05) is 11.3 Å². The van der Waals surface area contributed by atoms with Gasteiger partial charge < -0.3 is 4.57 Å². The molecule has 0 spiro atoms. The van der Waals surface area contributed by atoms with E-state index >= 15 is 0 Å². The first-order valence-electron chi connectivity index (χ1n) is 23.7. The second-order valence-electron chi connectivity index (χ2n) is 18.4. The zero-order valence-corrected chi connectivity index (χ0v) is 38.5. The van der Waals surface area contributed by atoms with Crippen molar-refractivity contribution < 1.29 is 0 Å². The van der Waals surface area contributed by atoms with Gasteiger partial charge in [-0.05, 0) is 126 Å². The highest BCUT2D eigenvalue weighted by molar-refractivity contribution is 7.25. The molecule has 0 aliphatic rings. The molecule has 15 aromatic rings. The molecule has 0 fully saturated rings. The molecule has 0 radical (unpaired) electrons. The highest BCUT2D eigenvalue weighted by atomic mass is 32.1. The predicted molar refractivity (Wildman–Crippen MR) is 296 cm³/mol. The van der Waals surface area contributed by atoms with E-state index in [0.717, 1.165) is 55.3 Å². The third-order valence-corrected chi connectivity index (χ3v) is 15.5. The topological polar surface area (TPSA) is 43.6 Å². The minimum atomic E-state index is 0.614. The first-order valence-corrected chi connectivity index (χ1v) is 24.6. The van der Waals surface area contributed by atoms with Crippen molar-refractivity contribution in [3.63, 3.8) is 0 Å². The smallest absolute Gasteiger partial charge is 0.164 e. The fourth-order valence-electron chi connectivity index (χ4n) is 11.0. The SMILES string of the molecule is c1ccc2cc3c(cc2c1)c1ccccc1n3-c1ccc(-c2nc(-c3ccc4c(ccc5ccccc54)c3)nc(-c3ccc4c(ccc5ccccc54)c3)n2)c(-c2ccc3c(c2)sc2ccccc23)c1. The average Bonchev–Trinajstić information content (AvgIpc) is 3.96. The van der Waals surface area contributed by atoms with Crippen molar-refractivity contribution in [3.8, 4) is 51.0 Å². The molecule has 0 aliphatic carbocycles. The Morgan fingerprint density at radius 1 is 0.271 bits per heavy atom. The first kappa shape index (κ1) is 39.0. The summed E-state index contributed by atoms with van der Waals surface area (Å²) in [7, 11) is 0. The highest BCUT2D eigenvalue weighted by Gasteiger charge is 2.21. The van der Waals surface area contributed by atoms with Crippen molar-refractivity contribution in [2.24, 2.45) is 0 Å². The molecule has 4 nitrogen and oxygen atoms in total. The van der Waals surface area contributed by atoms with Gasteiger partial charge in [0.1, 0.15) is 0 Å². The van der Waals surface area contributed by atoms with E-state index in [1.165, 1.54) is 74.0 Å². The van der Waals surface area contributed by atoms with E-state index < -0.39 is 0 Å². The van der Waals surface area contributed by atoms with Gasteiger partial charge >= 0.3 is 0 Å². The van der Waals surface area contributed by atoms with Crippen LogP contribution in [0.4, 0.5) is 0 Å². The Morgan fingerprint density at radius 2 is 0.786 bits per heavy atom. The Balaban J connectivity index is 0.988. The van der Waals surface area contributed by atoms with Crippen LogP contribution < -0.4 is 0 Å². The van der Waals surface area contributed by atoms with Crippen LogP contribution in [0.25, 0.3) is 147 Å². The number of rotatable bonds is 5. The summed E-state index contributed by atoms with van der Waals surface area (Å²) >= 11 is 1.83. The number of para-hydroxylation sites is 1. The van der Waals surface area contributed by atoms with Crippen molar-refractivity contribution in [1.82, 2.24) is 19.5 Å². The zero-order chi connectivity index (χ0) is 45.9. The zero-order valence-electron chi connectivity index (χ0n) is 37.6. The van der Waals surface area contributed by atoms with E-state index in [2.05, 4.69) is 235 Å². The number of hydrogen-bond donors (Lipinski definition) is 0. The lowest BCUT2D eigenvalue weighted by Gasteiger charge is -2.16. The summed E-state index contributed by atoms with van der Waals surface area (Å²) < 4.78 is 4.94. The maximum absolute atomic E-state index is 5.46. The second-order valence-corrected chi connectivity index (χ2v) is 19.4. The Morgan fingerprint density at radius 3 is 1.49 bits per heavy atom. The standard InChI is InChI=1S/C65H38N4S/c1-2-14-42-36-60-58(35-41(42)13-1)53-17-7-9-19-59(53)69(60)48-28-32-56(57(38-48)45-25-31-55-54-18-8-10-20-61(54)70-62(55)37-45)65-67-63(46-26-29-51-43(33-46)23-21-39-11-3-5-15-49(39)51)66-64(68-65)47-27-30-52-44(34-47)24-22-40-12-4-6-16-50(40)52/h1-38H. The van der Waals surface area contributed by atoms with Gasteiger partial charge in [0, 0.05) is 53.3 Å². The molecule has 3 aromatic heterocycles. The maximum Gasteiger partial charge on any atom is 0.164 e. The highest BCUT2D eigenvalue weighted by Crippen LogP contribution is 2.42. The fraction of sp³-hybridized carbons (Fsp3) is 0. The minimum absolute atomic E-state index is 0.614. The van der Waals surface area contributed by atoms with Gasteiger partial charge in [-0.3, -0.25) is 0 Å². The summed E-state index contributed by atoms with van der Waals surface area (Å²) in [6.07, 6.45) is 0. The molecule has 12 aromatic carbocycles. The van der Waals surface area contributed by atoms with Crippen LogP contribution in [0, 0.1) is 0 Å². The molecule has 324 valence electrons. The van der Waals surface area contributed by atoms with Gasteiger partial charge in [0.2, 0.25) is 0 Å². The lowest BCUT2D eigenvalue weighted by Crippen LogP contribution is -2.02. The molecule has 0 atom stereocenters. The summed E-state index contributed by atoms with van der Waals surface area (Å²) in [4.78, 5) is 16.2. The second kappa shape index (κ2) is 15.2. The van der Waals surface area contributed by atoms with Crippen molar-refractivity contribution in [3.05, 3.63) is 231 Å². The van der Waals surface area contributed by atoms with Crippen LogP contribution in [0.3, 0.4) is 0 Å². The Kier molecular flexibility index (Phi) is 8.49. The fourth-order valence-corrected chi connectivity index (χ4v) is 12.1. The van der Waals surface area contributed by atoms with Crippen LogP contribution >= 0.6 is 11.3 Å². The van der Waals surface area contributed by atoms with Gasteiger partial charge in [0.15, 0.2) is 17.5 Å². The molecule has 0 saturated heterocycles. The van der Waals surface area contributed by atoms with Gasteiger partial charge in [0.25, 0.3) is 0 Å². The van der Waals surface area contributed by atoms with E-state index in [-0.39, 0.29) is 0 Å². The number of thiophene rings is 1. The van der Waals surface area contributed by atoms with E-state index in [4.69, 9.17) is 15.0 Å². The van der Waals surface area contributed by atoms with Crippen LogP contribution in [-0.2, 0) is 0 Å². The van der Waals surface area contributed by atoms with Gasteiger partial charge in [0.05, 0.1) is 11.0 Å². The quantitative estimate of drug-likeness (QED) is 0.162. The predicted octanol–water partition coefficient (Wildman–Crippen LogP) is 17.8. The van der Waals surface area contributed by atoms with E-state index in [1.54, 1.807) is 0 Å². The Hall–Kier alpha value is -9.03. The van der Waals surface area contributed by atoms with Crippen molar-refractivity contribution in [1.29, 1.82) is 0 Å². The first-order chi connectivity index (χ1) is 34.6. The monoisotopic (exact) mass is 906 g/mol. The summed E-state index contributed by atoms with van der Waals surface area (Å²) in [6, 6.07) is 83.7.